The highest BCUT2D eigenvalue weighted by molar-refractivity contribution is 5.47. The molecule has 0 fully saturated rings. The fourth-order valence-electron chi connectivity index (χ4n) is 1.66. The van der Waals surface area contributed by atoms with E-state index in [0.29, 0.717) is 11.7 Å². The molecule has 1 aromatic heterocycles. The quantitative estimate of drug-likeness (QED) is 0.552. The number of rotatable bonds is 7. The van der Waals surface area contributed by atoms with Crippen LogP contribution in [0.15, 0.2) is 12.4 Å². The molecule has 0 aliphatic heterocycles. The Morgan fingerprint density at radius 2 is 2.00 bits per heavy atom. The highest BCUT2D eigenvalue weighted by Crippen LogP contribution is 2.14. The first-order valence-corrected chi connectivity index (χ1v) is 6.21. The van der Waals surface area contributed by atoms with E-state index < -0.39 is 0 Å². The Morgan fingerprint density at radius 1 is 1.28 bits per heavy atom. The first-order valence-electron chi connectivity index (χ1n) is 6.21. The first kappa shape index (κ1) is 14.7. The lowest BCUT2D eigenvalue weighted by Gasteiger charge is -2.27. The molecule has 0 unspecified atom stereocenters. The molecule has 0 aliphatic carbocycles. The molecule has 1 rings (SSSR count). The van der Waals surface area contributed by atoms with Crippen molar-refractivity contribution in [2.24, 2.45) is 11.8 Å². The van der Waals surface area contributed by atoms with Crippen molar-refractivity contribution in [1.29, 1.82) is 0 Å². The number of likely N-dealkylation sites (N-methyl/N-ethyl adjacent to an activating group) is 1. The number of hydrogen-bond acceptors (Lipinski definition) is 6. The van der Waals surface area contributed by atoms with Crippen molar-refractivity contribution in [1.82, 2.24) is 14.9 Å². The third-order valence-corrected chi connectivity index (χ3v) is 2.53. The molecular weight excluding hydrogens is 228 g/mol. The summed E-state index contributed by atoms with van der Waals surface area (Å²) >= 11 is 0. The van der Waals surface area contributed by atoms with Gasteiger partial charge in [0.05, 0.1) is 0 Å². The minimum absolute atomic E-state index is 0.580. The van der Waals surface area contributed by atoms with Crippen LogP contribution in [0.2, 0.25) is 0 Å². The topological polar surface area (TPSA) is 70.3 Å². The SMILES string of the molecule is CC(C)CN(CCN(C)C)c1cc(NN)ncn1. The van der Waals surface area contributed by atoms with E-state index in [0.717, 1.165) is 25.5 Å². The van der Waals surface area contributed by atoms with Crippen molar-refractivity contribution in [2.75, 3.05) is 44.1 Å². The zero-order valence-electron chi connectivity index (χ0n) is 11.7. The minimum Gasteiger partial charge on any atom is -0.355 e. The second-order valence-electron chi connectivity index (χ2n) is 5.05. The number of hydrazine groups is 1. The molecule has 0 atom stereocenters. The van der Waals surface area contributed by atoms with Crippen molar-refractivity contribution in [2.45, 2.75) is 13.8 Å². The number of nitrogens with one attached hydrogen (secondary N) is 1. The van der Waals surface area contributed by atoms with Gasteiger partial charge in [-0.15, -0.1) is 0 Å². The molecule has 3 N–H and O–H groups in total. The summed E-state index contributed by atoms with van der Waals surface area (Å²) in [6.45, 7) is 7.29. The van der Waals surface area contributed by atoms with Crippen LogP contribution < -0.4 is 16.2 Å². The Morgan fingerprint density at radius 3 is 2.56 bits per heavy atom. The van der Waals surface area contributed by atoms with Gasteiger partial charge in [0.1, 0.15) is 18.0 Å². The van der Waals surface area contributed by atoms with Crippen molar-refractivity contribution < 1.29 is 0 Å². The lowest BCUT2D eigenvalue weighted by molar-refractivity contribution is 0.408. The van der Waals surface area contributed by atoms with Gasteiger partial charge in [-0.3, -0.25) is 0 Å². The molecule has 6 nitrogen and oxygen atoms in total. The normalized spacial score (nSPS) is 11.1. The molecule has 0 spiro atoms. The van der Waals surface area contributed by atoms with Crippen LogP contribution in [0.3, 0.4) is 0 Å². The number of anilines is 2. The molecule has 0 aliphatic rings. The van der Waals surface area contributed by atoms with Gasteiger partial charge in [-0.05, 0) is 20.0 Å². The van der Waals surface area contributed by atoms with Gasteiger partial charge in [-0.1, -0.05) is 13.8 Å². The van der Waals surface area contributed by atoms with Crippen LogP contribution in [-0.4, -0.2) is 48.6 Å². The largest absolute Gasteiger partial charge is 0.355 e. The van der Waals surface area contributed by atoms with E-state index in [1.807, 2.05) is 6.07 Å². The number of nitrogens with zero attached hydrogens (tertiary/aromatic N) is 4. The number of nitrogens with two attached hydrogens (primary N) is 1. The summed E-state index contributed by atoms with van der Waals surface area (Å²) in [5.74, 6) is 7.50. The molecule has 1 aromatic rings. The maximum absolute atomic E-state index is 5.38. The van der Waals surface area contributed by atoms with Crippen LogP contribution in [0.5, 0.6) is 0 Å². The summed E-state index contributed by atoms with van der Waals surface area (Å²) in [4.78, 5) is 12.8. The average Bonchev–Trinajstić information content (AvgIpc) is 2.34. The van der Waals surface area contributed by atoms with E-state index in [-0.39, 0.29) is 0 Å². The molecule has 0 amide bonds. The van der Waals surface area contributed by atoms with Gasteiger partial charge in [-0.25, -0.2) is 15.8 Å². The zero-order valence-corrected chi connectivity index (χ0v) is 11.7. The average molecular weight is 252 g/mol. The summed E-state index contributed by atoms with van der Waals surface area (Å²) < 4.78 is 0. The minimum atomic E-state index is 0.580. The van der Waals surface area contributed by atoms with E-state index in [1.165, 1.54) is 6.33 Å². The van der Waals surface area contributed by atoms with Crippen LogP contribution in [0.4, 0.5) is 11.6 Å². The lowest BCUT2D eigenvalue weighted by Crippen LogP contribution is -2.35. The molecule has 6 heteroatoms. The predicted octanol–water partition coefficient (Wildman–Crippen LogP) is 0.786. The van der Waals surface area contributed by atoms with Gasteiger partial charge in [0.2, 0.25) is 0 Å². The summed E-state index contributed by atoms with van der Waals surface area (Å²) in [5.41, 5.74) is 2.55. The Hall–Kier alpha value is -1.40. The molecule has 1 heterocycles. The van der Waals surface area contributed by atoms with Crippen LogP contribution in [0.1, 0.15) is 13.8 Å². The van der Waals surface area contributed by atoms with Crippen LogP contribution in [0, 0.1) is 5.92 Å². The third-order valence-electron chi connectivity index (χ3n) is 2.53. The second kappa shape index (κ2) is 7.13. The van der Waals surface area contributed by atoms with E-state index in [1.54, 1.807) is 0 Å². The Labute approximate surface area is 109 Å². The monoisotopic (exact) mass is 252 g/mol. The van der Waals surface area contributed by atoms with Crippen LogP contribution >= 0.6 is 0 Å². The molecule has 18 heavy (non-hydrogen) atoms. The standard InChI is InChI=1S/C12H24N6/c1-10(2)8-18(6-5-17(3)4)12-7-11(16-13)14-9-15-12/h7,9-10H,5-6,8,13H2,1-4H3,(H,14,15,16). The van der Waals surface area contributed by atoms with Crippen molar-refractivity contribution in [3.05, 3.63) is 12.4 Å². The maximum Gasteiger partial charge on any atom is 0.145 e. The van der Waals surface area contributed by atoms with Crippen molar-refractivity contribution >= 4 is 11.6 Å². The van der Waals surface area contributed by atoms with Gasteiger partial charge < -0.3 is 15.2 Å². The summed E-state index contributed by atoms with van der Waals surface area (Å²) in [6.07, 6.45) is 1.54. The zero-order chi connectivity index (χ0) is 13.5. The van der Waals surface area contributed by atoms with E-state index in [2.05, 4.69) is 53.1 Å². The molecule has 0 saturated heterocycles. The second-order valence-corrected chi connectivity index (χ2v) is 5.05. The van der Waals surface area contributed by atoms with Gasteiger partial charge >= 0.3 is 0 Å². The third kappa shape index (κ3) is 4.85. The predicted molar refractivity (Wildman–Crippen MR) is 75.4 cm³/mol. The van der Waals surface area contributed by atoms with Crippen LogP contribution in [-0.2, 0) is 0 Å². The highest BCUT2D eigenvalue weighted by Gasteiger charge is 2.11. The maximum atomic E-state index is 5.38. The van der Waals surface area contributed by atoms with Gasteiger partial charge in [0, 0.05) is 25.7 Å². The Kier molecular flexibility index (Phi) is 5.80. The fourth-order valence-corrected chi connectivity index (χ4v) is 1.66. The summed E-state index contributed by atoms with van der Waals surface area (Å²) in [5, 5.41) is 0. The molecule has 0 bridgehead atoms. The molecule has 0 radical (unpaired) electrons. The number of nitrogen functional groups attached to an aromatic ring is 1. The van der Waals surface area contributed by atoms with E-state index in [4.69, 9.17) is 5.84 Å². The molecular formula is C12H24N6. The number of aromatic nitrogens is 2. The highest BCUT2D eigenvalue weighted by atomic mass is 15.3. The Balaban J connectivity index is 2.79. The van der Waals surface area contributed by atoms with Gasteiger partial charge in [-0.2, -0.15) is 0 Å². The van der Waals surface area contributed by atoms with Crippen molar-refractivity contribution in [3.63, 3.8) is 0 Å². The number of hydrogen-bond donors (Lipinski definition) is 2. The Bertz CT molecular complexity index is 352. The summed E-state index contributed by atoms with van der Waals surface area (Å²) in [7, 11) is 4.14. The van der Waals surface area contributed by atoms with E-state index in [9.17, 15) is 0 Å². The fraction of sp³-hybridized carbons (Fsp3) is 0.667. The van der Waals surface area contributed by atoms with Gasteiger partial charge in [0.25, 0.3) is 0 Å². The molecule has 102 valence electrons. The first-order chi connectivity index (χ1) is 8.52. The van der Waals surface area contributed by atoms with Crippen LogP contribution in [0.25, 0.3) is 0 Å². The van der Waals surface area contributed by atoms with Gasteiger partial charge in [0.15, 0.2) is 0 Å². The molecule has 0 aromatic carbocycles. The lowest BCUT2D eigenvalue weighted by atomic mass is 10.2. The van der Waals surface area contributed by atoms with E-state index >= 15 is 0 Å². The summed E-state index contributed by atoms with van der Waals surface area (Å²) in [6, 6.07) is 1.87. The van der Waals surface area contributed by atoms with Crippen molar-refractivity contribution in [3.8, 4) is 0 Å². The molecule has 0 saturated carbocycles. The smallest absolute Gasteiger partial charge is 0.145 e.